The monoisotopic (exact) mass is 257 g/mol. The van der Waals surface area contributed by atoms with Crippen LogP contribution in [0.4, 0.5) is 0 Å². The molecule has 1 unspecified atom stereocenters. The Labute approximate surface area is 107 Å². The molecule has 1 aliphatic rings. The first-order valence-electron chi connectivity index (χ1n) is 5.76. The van der Waals surface area contributed by atoms with Crippen LogP contribution in [-0.2, 0) is 6.54 Å². The molecule has 1 aromatic carbocycles. The maximum Gasteiger partial charge on any atom is 0.0488 e. The lowest BCUT2D eigenvalue weighted by Gasteiger charge is -2.10. The van der Waals surface area contributed by atoms with Crippen molar-refractivity contribution in [2.24, 2.45) is 5.92 Å². The highest BCUT2D eigenvalue weighted by Crippen LogP contribution is 2.35. The number of hydrogen-bond acceptors (Lipinski definition) is 1. The van der Waals surface area contributed by atoms with Gasteiger partial charge in [0.2, 0.25) is 0 Å². The number of aryl methyl sites for hydroxylation is 1. The molecule has 0 spiro atoms. The lowest BCUT2D eigenvalue weighted by molar-refractivity contribution is 0.620. The molecule has 0 saturated heterocycles. The summed E-state index contributed by atoms with van der Waals surface area (Å²) in [6.07, 6.45) is 2.59. The van der Waals surface area contributed by atoms with Gasteiger partial charge in [0.25, 0.3) is 0 Å². The lowest BCUT2D eigenvalue weighted by Crippen LogP contribution is -2.24. The maximum atomic E-state index is 6.21. The first-order valence-corrected chi connectivity index (χ1v) is 6.58. The fourth-order valence-corrected chi connectivity index (χ4v) is 2.43. The molecule has 0 radical (unpaired) electrons. The van der Waals surface area contributed by atoms with Crippen LogP contribution in [0, 0.1) is 12.8 Å². The van der Waals surface area contributed by atoms with Crippen LogP contribution in [-0.4, -0.2) is 11.9 Å². The molecule has 88 valence electrons. The SMILES string of the molecule is Cc1ccc(CNCC(Cl)C2CC2)c(Cl)c1. The summed E-state index contributed by atoms with van der Waals surface area (Å²) in [4.78, 5) is 0. The Hall–Kier alpha value is -0.240. The first kappa shape index (κ1) is 12.2. The predicted molar refractivity (Wildman–Crippen MR) is 70.3 cm³/mol. The minimum absolute atomic E-state index is 0.282. The molecule has 3 heteroatoms. The highest BCUT2D eigenvalue weighted by Gasteiger charge is 2.29. The van der Waals surface area contributed by atoms with Gasteiger partial charge in [0.05, 0.1) is 0 Å². The highest BCUT2D eigenvalue weighted by atomic mass is 35.5. The second-order valence-electron chi connectivity index (χ2n) is 4.58. The molecular weight excluding hydrogens is 241 g/mol. The van der Waals surface area contributed by atoms with Gasteiger partial charge in [0, 0.05) is 23.5 Å². The van der Waals surface area contributed by atoms with Crippen molar-refractivity contribution in [1.29, 1.82) is 0 Å². The second kappa shape index (κ2) is 5.39. The number of alkyl halides is 1. The molecule has 1 atom stereocenters. The van der Waals surface area contributed by atoms with Gasteiger partial charge in [-0.05, 0) is 42.9 Å². The van der Waals surface area contributed by atoms with Crippen molar-refractivity contribution in [3.8, 4) is 0 Å². The van der Waals surface area contributed by atoms with E-state index >= 15 is 0 Å². The summed E-state index contributed by atoms with van der Waals surface area (Å²) >= 11 is 12.4. The quantitative estimate of drug-likeness (QED) is 0.793. The summed E-state index contributed by atoms with van der Waals surface area (Å²) in [7, 11) is 0. The third-order valence-electron chi connectivity index (χ3n) is 3.00. The van der Waals surface area contributed by atoms with Gasteiger partial charge < -0.3 is 5.32 Å². The minimum atomic E-state index is 0.282. The smallest absolute Gasteiger partial charge is 0.0488 e. The zero-order valence-corrected chi connectivity index (χ0v) is 11.0. The number of nitrogens with one attached hydrogen (secondary N) is 1. The van der Waals surface area contributed by atoms with Crippen LogP contribution >= 0.6 is 23.2 Å². The van der Waals surface area contributed by atoms with E-state index in [0.717, 1.165) is 29.6 Å². The number of benzene rings is 1. The minimum Gasteiger partial charge on any atom is -0.311 e. The van der Waals surface area contributed by atoms with Crippen LogP contribution in [0.1, 0.15) is 24.0 Å². The Kier molecular flexibility index (Phi) is 4.12. The third-order valence-corrected chi connectivity index (χ3v) is 3.86. The molecule has 1 saturated carbocycles. The summed E-state index contributed by atoms with van der Waals surface area (Å²) in [5.74, 6) is 0.739. The molecule has 0 amide bonds. The van der Waals surface area contributed by atoms with Crippen LogP contribution in [0.15, 0.2) is 18.2 Å². The molecule has 0 aromatic heterocycles. The Morgan fingerprint density at radius 1 is 1.44 bits per heavy atom. The molecule has 1 aromatic rings. The Bertz CT molecular complexity index is 361. The van der Waals surface area contributed by atoms with Crippen LogP contribution in [0.3, 0.4) is 0 Å². The van der Waals surface area contributed by atoms with E-state index in [9.17, 15) is 0 Å². The predicted octanol–water partition coefficient (Wildman–Crippen LogP) is 3.76. The van der Waals surface area contributed by atoms with Crippen molar-refractivity contribution in [3.63, 3.8) is 0 Å². The molecule has 0 aliphatic heterocycles. The van der Waals surface area contributed by atoms with Gasteiger partial charge in [0.15, 0.2) is 0 Å². The van der Waals surface area contributed by atoms with Crippen LogP contribution in [0.2, 0.25) is 5.02 Å². The van der Waals surface area contributed by atoms with Gasteiger partial charge in [-0.2, -0.15) is 0 Å². The van der Waals surface area contributed by atoms with Gasteiger partial charge in [-0.1, -0.05) is 23.7 Å². The van der Waals surface area contributed by atoms with Gasteiger partial charge in [-0.3, -0.25) is 0 Å². The Morgan fingerprint density at radius 2 is 2.19 bits per heavy atom. The van der Waals surface area contributed by atoms with E-state index in [0.29, 0.717) is 0 Å². The van der Waals surface area contributed by atoms with Gasteiger partial charge in [0.1, 0.15) is 0 Å². The fraction of sp³-hybridized carbons (Fsp3) is 0.538. The molecule has 16 heavy (non-hydrogen) atoms. The lowest BCUT2D eigenvalue weighted by atomic mass is 10.1. The van der Waals surface area contributed by atoms with E-state index in [2.05, 4.69) is 17.4 Å². The zero-order valence-electron chi connectivity index (χ0n) is 9.47. The first-order chi connectivity index (χ1) is 7.66. The number of rotatable bonds is 5. The third kappa shape index (κ3) is 3.38. The summed E-state index contributed by atoms with van der Waals surface area (Å²) in [5.41, 5.74) is 2.34. The second-order valence-corrected chi connectivity index (χ2v) is 5.55. The van der Waals surface area contributed by atoms with Crippen LogP contribution < -0.4 is 5.32 Å². The van der Waals surface area contributed by atoms with Crippen LogP contribution in [0.5, 0.6) is 0 Å². The average molecular weight is 258 g/mol. The topological polar surface area (TPSA) is 12.0 Å². The van der Waals surface area contributed by atoms with Crippen molar-refractivity contribution < 1.29 is 0 Å². The highest BCUT2D eigenvalue weighted by molar-refractivity contribution is 6.31. The van der Waals surface area contributed by atoms with E-state index in [4.69, 9.17) is 23.2 Å². The summed E-state index contributed by atoms with van der Waals surface area (Å²) in [6.45, 7) is 3.72. The number of halogens is 2. The van der Waals surface area contributed by atoms with E-state index in [1.807, 2.05) is 13.0 Å². The van der Waals surface area contributed by atoms with Crippen molar-refractivity contribution in [2.45, 2.75) is 31.7 Å². The van der Waals surface area contributed by atoms with Gasteiger partial charge in [-0.15, -0.1) is 11.6 Å². The van der Waals surface area contributed by atoms with Crippen molar-refractivity contribution in [2.75, 3.05) is 6.54 Å². The number of hydrogen-bond donors (Lipinski definition) is 1. The van der Waals surface area contributed by atoms with E-state index in [-0.39, 0.29) is 5.38 Å². The molecule has 1 aliphatic carbocycles. The summed E-state index contributed by atoms with van der Waals surface area (Å²) < 4.78 is 0. The van der Waals surface area contributed by atoms with E-state index < -0.39 is 0 Å². The zero-order chi connectivity index (χ0) is 11.5. The van der Waals surface area contributed by atoms with Crippen LogP contribution in [0.25, 0.3) is 0 Å². The van der Waals surface area contributed by atoms with E-state index in [1.165, 1.54) is 18.4 Å². The summed E-state index contributed by atoms with van der Waals surface area (Å²) in [6, 6.07) is 6.16. The largest absolute Gasteiger partial charge is 0.311 e. The molecule has 0 heterocycles. The average Bonchev–Trinajstić information content (AvgIpc) is 3.04. The maximum absolute atomic E-state index is 6.21. The Balaban J connectivity index is 1.80. The van der Waals surface area contributed by atoms with Crippen molar-refractivity contribution in [3.05, 3.63) is 34.3 Å². The fourth-order valence-electron chi connectivity index (χ4n) is 1.77. The molecule has 2 rings (SSSR count). The molecule has 0 bridgehead atoms. The Morgan fingerprint density at radius 3 is 2.81 bits per heavy atom. The van der Waals surface area contributed by atoms with E-state index in [1.54, 1.807) is 0 Å². The van der Waals surface area contributed by atoms with Crippen molar-refractivity contribution in [1.82, 2.24) is 5.32 Å². The van der Waals surface area contributed by atoms with Gasteiger partial charge in [-0.25, -0.2) is 0 Å². The molecule has 1 nitrogen and oxygen atoms in total. The normalized spacial score (nSPS) is 17.4. The van der Waals surface area contributed by atoms with Crippen molar-refractivity contribution >= 4 is 23.2 Å². The molecular formula is C13H17Cl2N. The molecule has 1 N–H and O–H groups in total. The summed E-state index contributed by atoms with van der Waals surface area (Å²) in [5, 5.41) is 4.49. The standard InChI is InChI=1S/C13H17Cl2N/c1-9-2-3-11(12(14)6-9)7-16-8-13(15)10-4-5-10/h2-3,6,10,13,16H,4-5,7-8H2,1H3. The molecule has 1 fully saturated rings. The van der Waals surface area contributed by atoms with Gasteiger partial charge >= 0.3 is 0 Å².